The van der Waals surface area contributed by atoms with E-state index in [-0.39, 0.29) is 25.7 Å². The molecule has 86 heavy (non-hydrogen) atoms. The standard InChI is InChI=1S/C67H130O17P2/c1-6-9-12-15-17-19-21-29-32-36-41-46-51-65(70)78-57-63(84-67(72)53-48-43-38-34-30-26-24-22-23-25-28-31-35-40-44-49-60(4)5)59-82-86(75,76)80-55-61(68)54-79-85(73,74)81-58-62(56-77-64(69)50-45-39-14-11-8-3)83-66(71)52-47-42-37-33-27-20-18-16-13-10-7-2/h60-63,68H,6-59H2,1-5H3,(H,73,74)(H,75,76)/t61-,62+,63+/m0/s1. The molecule has 2 unspecified atom stereocenters. The monoisotopic (exact) mass is 1270 g/mol. The molecule has 0 rings (SSSR count). The van der Waals surface area contributed by atoms with E-state index in [0.717, 1.165) is 102 Å². The maximum absolute atomic E-state index is 13.0. The predicted molar refractivity (Wildman–Crippen MR) is 345 cm³/mol. The first kappa shape index (κ1) is 84.1. The molecule has 0 aromatic heterocycles. The summed E-state index contributed by atoms with van der Waals surface area (Å²) in [6.07, 6.45) is 46.1. The van der Waals surface area contributed by atoms with Gasteiger partial charge in [-0.05, 0) is 31.6 Å². The highest BCUT2D eigenvalue weighted by Gasteiger charge is 2.30. The van der Waals surface area contributed by atoms with Crippen LogP contribution in [0.4, 0.5) is 0 Å². The van der Waals surface area contributed by atoms with Crippen LogP contribution in [0.2, 0.25) is 0 Å². The minimum Gasteiger partial charge on any atom is -0.462 e. The minimum atomic E-state index is -4.95. The fourth-order valence-electron chi connectivity index (χ4n) is 10.1. The normalized spacial score (nSPS) is 14.2. The Morgan fingerprint density at radius 3 is 0.791 bits per heavy atom. The third kappa shape index (κ3) is 60.9. The van der Waals surface area contributed by atoms with Crippen molar-refractivity contribution in [1.29, 1.82) is 0 Å². The van der Waals surface area contributed by atoms with Crippen molar-refractivity contribution in [3.8, 4) is 0 Å². The van der Waals surface area contributed by atoms with Crippen molar-refractivity contribution < 1.29 is 80.2 Å². The summed E-state index contributed by atoms with van der Waals surface area (Å²) in [5.74, 6) is -1.33. The summed E-state index contributed by atoms with van der Waals surface area (Å²) in [6.45, 7) is 7.16. The van der Waals surface area contributed by atoms with Crippen LogP contribution in [0.3, 0.4) is 0 Å². The first-order valence-electron chi connectivity index (χ1n) is 35.1. The summed E-state index contributed by atoms with van der Waals surface area (Å²) < 4.78 is 67.9. The number of carbonyl (C=O) groups is 4. The Morgan fingerprint density at radius 2 is 0.535 bits per heavy atom. The number of phosphoric ester groups is 2. The van der Waals surface area contributed by atoms with E-state index < -0.39 is 97.5 Å². The second-order valence-corrected chi connectivity index (χ2v) is 27.6. The molecule has 5 atom stereocenters. The quantitative estimate of drug-likeness (QED) is 0.0222. The van der Waals surface area contributed by atoms with Crippen LogP contribution in [0, 0.1) is 5.92 Å². The Bertz CT molecular complexity index is 1670. The van der Waals surface area contributed by atoms with Crippen LogP contribution in [0.5, 0.6) is 0 Å². The van der Waals surface area contributed by atoms with Crippen molar-refractivity contribution in [2.75, 3.05) is 39.6 Å². The number of aliphatic hydroxyl groups is 1. The van der Waals surface area contributed by atoms with Crippen molar-refractivity contribution in [3.05, 3.63) is 0 Å². The van der Waals surface area contributed by atoms with E-state index in [9.17, 15) is 43.2 Å². The molecule has 0 fully saturated rings. The molecule has 510 valence electrons. The molecule has 0 saturated carbocycles. The number of aliphatic hydroxyl groups excluding tert-OH is 1. The Morgan fingerprint density at radius 1 is 0.314 bits per heavy atom. The van der Waals surface area contributed by atoms with Gasteiger partial charge in [-0.1, -0.05) is 291 Å². The molecule has 0 aromatic carbocycles. The summed E-state index contributed by atoms with van der Waals surface area (Å²) in [6, 6.07) is 0. The van der Waals surface area contributed by atoms with Gasteiger partial charge < -0.3 is 33.8 Å². The van der Waals surface area contributed by atoms with E-state index in [1.807, 2.05) is 0 Å². The molecule has 0 bridgehead atoms. The van der Waals surface area contributed by atoms with E-state index in [1.54, 1.807) is 0 Å². The van der Waals surface area contributed by atoms with Gasteiger partial charge >= 0.3 is 39.5 Å². The Balaban J connectivity index is 5.14. The summed E-state index contributed by atoms with van der Waals surface area (Å²) in [7, 11) is -9.88. The summed E-state index contributed by atoms with van der Waals surface area (Å²) in [5, 5.41) is 10.5. The van der Waals surface area contributed by atoms with Gasteiger partial charge in [0.1, 0.15) is 19.3 Å². The van der Waals surface area contributed by atoms with Gasteiger partial charge in [0.2, 0.25) is 0 Å². The molecular weight excluding hydrogens is 1140 g/mol. The highest BCUT2D eigenvalue weighted by atomic mass is 31.2. The Kier molecular flexibility index (Phi) is 59.2. The van der Waals surface area contributed by atoms with Crippen LogP contribution in [0.15, 0.2) is 0 Å². The molecule has 17 nitrogen and oxygen atoms in total. The van der Waals surface area contributed by atoms with Crippen molar-refractivity contribution >= 4 is 39.5 Å². The van der Waals surface area contributed by atoms with Crippen molar-refractivity contribution in [2.24, 2.45) is 5.92 Å². The molecule has 0 aliphatic heterocycles. The molecule has 0 amide bonds. The van der Waals surface area contributed by atoms with Crippen LogP contribution < -0.4 is 0 Å². The third-order valence-corrected chi connectivity index (χ3v) is 17.4. The molecular formula is C67H130O17P2. The lowest BCUT2D eigenvalue weighted by Crippen LogP contribution is -2.30. The Labute approximate surface area is 524 Å². The van der Waals surface area contributed by atoms with Crippen molar-refractivity contribution in [1.82, 2.24) is 0 Å². The van der Waals surface area contributed by atoms with Crippen LogP contribution in [0.25, 0.3) is 0 Å². The molecule has 0 aliphatic carbocycles. The topological polar surface area (TPSA) is 237 Å². The van der Waals surface area contributed by atoms with Gasteiger partial charge in [0.25, 0.3) is 0 Å². The van der Waals surface area contributed by atoms with Crippen LogP contribution >= 0.6 is 15.6 Å². The van der Waals surface area contributed by atoms with Gasteiger partial charge in [0, 0.05) is 25.7 Å². The maximum atomic E-state index is 13.0. The molecule has 0 saturated heterocycles. The average Bonchev–Trinajstić information content (AvgIpc) is 3.51. The fourth-order valence-corrected chi connectivity index (χ4v) is 11.7. The summed E-state index contributed by atoms with van der Waals surface area (Å²) in [4.78, 5) is 72.1. The Hall–Kier alpha value is -1.94. The number of rotatable bonds is 67. The highest BCUT2D eigenvalue weighted by molar-refractivity contribution is 7.47. The van der Waals surface area contributed by atoms with Crippen LogP contribution in [-0.2, 0) is 65.4 Å². The third-order valence-electron chi connectivity index (χ3n) is 15.5. The number of ether oxygens (including phenoxy) is 4. The second-order valence-electron chi connectivity index (χ2n) is 24.7. The van der Waals surface area contributed by atoms with Crippen LogP contribution in [0.1, 0.15) is 343 Å². The first-order chi connectivity index (χ1) is 41.5. The zero-order valence-corrected chi connectivity index (χ0v) is 57.2. The van der Waals surface area contributed by atoms with E-state index in [4.69, 9.17) is 37.0 Å². The lowest BCUT2D eigenvalue weighted by atomic mass is 10.0. The zero-order chi connectivity index (χ0) is 63.5. The number of phosphoric acid groups is 2. The molecule has 0 radical (unpaired) electrons. The maximum Gasteiger partial charge on any atom is 0.472 e. The fraction of sp³-hybridized carbons (Fsp3) is 0.940. The van der Waals surface area contributed by atoms with Gasteiger partial charge in [-0.3, -0.25) is 37.3 Å². The molecule has 3 N–H and O–H groups in total. The average molecular weight is 1270 g/mol. The lowest BCUT2D eigenvalue weighted by molar-refractivity contribution is -0.161. The molecule has 0 spiro atoms. The first-order valence-corrected chi connectivity index (χ1v) is 38.1. The molecule has 19 heteroatoms. The second kappa shape index (κ2) is 60.6. The molecule has 0 aliphatic rings. The van der Waals surface area contributed by atoms with E-state index >= 15 is 0 Å². The van der Waals surface area contributed by atoms with Crippen molar-refractivity contribution in [3.63, 3.8) is 0 Å². The SMILES string of the molecule is CCCCCCCCCCCCCCC(=O)OC[C@H](COP(=O)(O)OC[C@@H](O)COP(=O)(O)OC[C@@H](COC(=O)CCCCCCC)OC(=O)CCCCCCCCCCCCC)OC(=O)CCCCCCCCCCCCCCCCCC(C)C. The lowest BCUT2D eigenvalue weighted by Gasteiger charge is -2.21. The number of carbonyl (C=O) groups excluding carboxylic acids is 4. The zero-order valence-electron chi connectivity index (χ0n) is 55.4. The van der Waals surface area contributed by atoms with Crippen molar-refractivity contribution in [2.45, 2.75) is 361 Å². The van der Waals surface area contributed by atoms with Gasteiger partial charge in [-0.25, -0.2) is 9.13 Å². The van der Waals surface area contributed by atoms with Gasteiger partial charge in [-0.15, -0.1) is 0 Å². The minimum absolute atomic E-state index is 0.106. The van der Waals surface area contributed by atoms with E-state index in [0.29, 0.717) is 25.7 Å². The number of hydrogen-bond acceptors (Lipinski definition) is 15. The summed E-state index contributed by atoms with van der Waals surface area (Å²) in [5.41, 5.74) is 0. The van der Waals surface area contributed by atoms with E-state index in [2.05, 4.69) is 34.6 Å². The van der Waals surface area contributed by atoms with Gasteiger partial charge in [0.15, 0.2) is 12.2 Å². The van der Waals surface area contributed by atoms with Gasteiger partial charge in [0.05, 0.1) is 26.4 Å². The van der Waals surface area contributed by atoms with Crippen LogP contribution in [-0.4, -0.2) is 96.7 Å². The van der Waals surface area contributed by atoms with E-state index in [1.165, 1.54) is 161 Å². The smallest absolute Gasteiger partial charge is 0.462 e. The number of hydrogen-bond donors (Lipinski definition) is 3. The molecule has 0 heterocycles. The number of esters is 4. The predicted octanol–water partition coefficient (Wildman–Crippen LogP) is 19.0. The largest absolute Gasteiger partial charge is 0.472 e. The molecule has 0 aromatic rings. The highest BCUT2D eigenvalue weighted by Crippen LogP contribution is 2.45. The number of unbranched alkanes of at least 4 members (excludes halogenated alkanes) is 39. The summed E-state index contributed by atoms with van der Waals surface area (Å²) >= 11 is 0. The van der Waals surface area contributed by atoms with Gasteiger partial charge in [-0.2, -0.15) is 0 Å².